The topological polar surface area (TPSA) is 175 Å². The lowest BCUT2D eigenvalue weighted by Gasteiger charge is -2.30. The number of rotatable bonds is 11. The molecular formula is C44H52N8O6S3. The van der Waals surface area contributed by atoms with Crippen molar-refractivity contribution in [2.45, 2.75) is 78.6 Å². The summed E-state index contributed by atoms with van der Waals surface area (Å²) in [6.07, 6.45) is 0.244. The van der Waals surface area contributed by atoms with Gasteiger partial charge in [0.05, 0.1) is 48.1 Å². The van der Waals surface area contributed by atoms with Crippen molar-refractivity contribution >= 4 is 77.8 Å². The molecule has 4 N–H and O–H groups in total. The van der Waals surface area contributed by atoms with Crippen LogP contribution in [0.15, 0.2) is 47.8 Å². The summed E-state index contributed by atoms with van der Waals surface area (Å²) in [5.74, 6) is 1.41. The maximum absolute atomic E-state index is 14.1. The number of fused-ring (bicyclic) bond motifs is 2. The summed E-state index contributed by atoms with van der Waals surface area (Å²) >= 11 is 5.01. The third kappa shape index (κ3) is 8.39. The summed E-state index contributed by atoms with van der Waals surface area (Å²) in [5.41, 5.74) is 4.61. The van der Waals surface area contributed by atoms with Crippen LogP contribution in [0, 0.1) is 23.7 Å². The Morgan fingerprint density at radius 2 is 1.28 bits per heavy atom. The van der Waals surface area contributed by atoms with Crippen LogP contribution in [0.3, 0.4) is 0 Å². The minimum atomic E-state index is -0.735. The first-order valence-electron chi connectivity index (χ1n) is 20.7. The van der Waals surface area contributed by atoms with Gasteiger partial charge >= 0.3 is 12.2 Å². The molecule has 0 radical (unpaired) electrons. The molecular weight excluding hydrogens is 833 g/mol. The number of hydrogen-bond acceptors (Lipinski definition) is 11. The number of aromatic nitrogens is 4. The second-order valence-corrected chi connectivity index (χ2v) is 20.1. The number of nitrogens with zero attached hydrogens (tertiary/aromatic N) is 4. The zero-order valence-corrected chi connectivity index (χ0v) is 38.0. The lowest BCUT2D eigenvalue weighted by Crippen LogP contribution is -2.51. The molecule has 322 valence electrons. The molecule has 2 aliphatic rings. The molecule has 4 amide bonds. The molecule has 61 heavy (non-hydrogen) atoms. The molecule has 6 atom stereocenters. The molecule has 2 aliphatic heterocycles. The van der Waals surface area contributed by atoms with Crippen molar-refractivity contribution in [3.8, 4) is 32.3 Å². The predicted octanol–water partition coefficient (Wildman–Crippen LogP) is 9.20. The standard InChI is InChI=1S/C44H52N8O6S3/c1-21(2)34(48-43(55)57-7)41(53)51-19-23(5)15-28(51)38-45-27-17-31(61-40(27)50-38)25-9-11-26(12-10-25)36-37(33-18-32-30(60-33)13-14-59-32)47-39(46-36)29-16-24(6)20-52(29)42(54)35(22(3)4)49-44(56)58-8/h9-14,17-18,21-24,28-29,34-35H,15-16,19-20H2,1-8H3,(H,45,50)(H,46,47)(H,48,55)(H,49,56)/t23-,24-,28-,29-,34-,35-/m0/s1. The summed E-state index contributed by atoms with van der Waals surface area (Å²) in [7, 11) is 2.59. The lowest BCUT2D eigenvalue weighted by atomic mass is 10.0. The number of benzene rings is 1. The molecule has 2 fully saturated rings. The van der Waals surface area contributed by atoms with E-state index in [2.05, 4.69) is 82.3 Å². The Bertz CT molecular complexity index is 2510. The number of methoxy groups -OCH3 is 2. The fourth-order valence-electron chi connectivity index (χ4n) is 8.60. The third-order valence-electron chi connectivity index (χ3n) is 11.7. The SMILES string of the molecule is COC(=O)N[C@H](C(=O)N1C[C@@H](C)C[C@H]1c1nc(-c2ccc(-c3cc4[nH]c([C@@H]5C[C@H](C)CN5C(=O)[C@@H](NC(=O)OC)C(C)C)nc4s3)cc2)c(-c2cc3sccc3s2)[nH]1)C(C)C. The van der Waals surface area contributed by atoms with E-state index in [1.807, 2.05) is 37.5 Å². The molecule has 0 saturated carbocycles. The van der Waals surface area contributed by atoms with Crippen molar-refractivity contribution in [1.29, 1.82) is 0 Å². The van der Waals surface area contributed by atoms with Gasteiger partial charge in [-0.2, -0.15) is 0 Å². The maximum Gasteiger partial charge on any atom is 0.407 e. The van der Waals surface area contributed by atoms with Gasteiger partial charge in [0, 0.05) is 32.9 Å². The Kier molecular flexibility index (Phi) is 12.0. The molecule has 6 aromatic rings. The van der Waals surface area contributed by atoms with Crippen molar-refractivity contribution in [3.05, 3.63) is 59.5 Å². The zero-order chi connectivity index (χ0) is 43.3. The van der Waals surface area contributed by atoms with Gasteiger partial charge in [0.25, 0.3) is 0 Å². The van der Waals surface area contributed by atoms with E-state index < -0.39 is 24.3 Å². The molecule has 7 heterocycles. The molecule has 0 bridgehead atoms. The summed E-state index contributed by atoms with van der Waals surface area (Å²) in [6.45, 7) is 13.0. The number of alkyl carbamates (subject to hydrolysis) is 2. The Labute approximate surface area is 366 Å². The normalized spacial score (nSPS) is 20.2. The van der Waals surface area contributed by atoms with E-state index in [0.717, 1.165) is 67.1 Å². The number of imidazole rings is 2. The number of carbonyl (C=O) groups is 4. The van der Waals surface area contributed by atoms with E-state index in [0.29, 0.717) is 13.1 Å². The van der Waals surface area contributed by atoms with Crippen molar-refractivity contribution in [2.75, 3.05) is 27.3 Å². The molecule has 0 spiro atoms. The average Bonchev–Trinajstić information content (AvgIpc) is 4.09. The minimum absolute atomic E-state index is 0.121. The van der Waals surface area contributed by atoms with Gasteiger partial charge in [-0.1, -0.05) is 65.8 Å². The summed E-state index contributed by atoms with van der Waals surface area (Å²) in [4.78, 5) is 76.4. The van der Waals surface area contributed by atoms with Gasteiger partial charge < -0.3 is 39.9 Å². The first-order valence-corrected chi connectivity index (χ1v) is 23.2. The number of carbonyl (C=O) groups excluding carboxylic acids is 4. The van der Waals surface area contributed by atoms with Gasteiger partial charge in [-0.05, 0) is 65.7 Å². The summed E-state index contributed by atoms with van der Waals surface area (Å²) in [5, 5.41) is 7.58. The number of nitrogens with one attached hydrogen (secondary N) is 4. The van der Waals surface area contributed by atoms with Crippen LogP contribution in [0.2, 0.25) is 0 Å². The zero-order valence-electron chi connectivity index (χ0n) is 35.5. The van der Waals surface area contributed by atoms with Crippen LogP contribution >= 0.6 is 34.0 Å². The quantitative estimate of drug-likeness (QED) is 0.0997. The Morgan fingerprint density at radius 1 is 0.721 bits per heavy atom. The smallest absolute Gasteiger partial charge is 0.407 e. The van der Waals surface area contributed by atoms with Crippen LogP contribution in [0.25, 0.3) is 52.0 Å². The second-order valence-electron chi connectivity index (χ2n) is 17.0. The van der Waals surface area contributed by atoms with Crippen LogP contribution < -0.4 is 10.6 Å². The molecule has 1 aromatic carbocycles. The van der Waals surface area contributed by atoms with Gasteiger partial charge in [0.1, 0.15) is 28.6 Å². The minimum Gasteiger partial charge on any atom is -0.453 e. The van der Waals surface area contributed by atoms with Gasteiger partial charge in [-0.3, -0.25) is 9.59 Å². The maximum atomic E-state index is 14.1. The second kappa shape index (κ2) is 17.2. The fraction of sp³-hybridized carbons (Fsp3) is 0.455. The number of aromatic amines is 2. The number of H-pyrrole nitrogens is 2. The first-order chi connectivity index (χ1) is 29.2. The van der Waals surface area contributed by atoms with Crippen LogP contribution in [0.4, 0.5) is 9.59 Å². The monoisotopic (exact) mass is 884 g/mol. The fourth-order valence-corrected chi connectivity index (χ4v) is 11.7. The van der Waals surface area contributed by atoms with E-state index in [1.54, 1.807) is 34.0 Å². The van der Waals surface area contributed by atoms with E-state index in [1.165, 1.54) is 23.6 Å². The number of likely N-dealkylation sites (tertiary alicyclic amines) is 2. The molecule has 17 heteroatoms. The first kappa shape index (κ1) is 42.4. The molecule has 0 aliphatic carbocycles. The van der Waals surface area contributed by atoms with Crippen molar-refractivity contribution in [2.24, 2.45) is 23.7 Å². The Morgan fingerprint density at radius 3 is 1.80 bits per heavy atom. The molecule has 8 rings (SSSR count). The largest absolute Gasteiger partial charge is 0.453 e. The van der Waals surface area contributed by atoms with Crippen molar-refractivity contribution < 1.29 is 28.7 Å². The van der Waals surface area contributed by atoms with Gasteiger partial charge in [0.2, 0.25) is 11.8 Å². The van der Waals surface area contributed by atoms with Gasteiger partial charge in [-0.25, -0.2) is 19.6 Å². The van der Waals surface area contributed by atoms with Crippen LogP contribution in [-0.2, 0) is 19.1 Å². The van der Waals surface area contributed by atoms with Crippen LogP contribution in [0.5, 0.6) is 0 Å². The Hall–Kier alpha value is -5.26. The van der Waals surface area contributed by atoms with Crippen LogP contribution in [0.1, 0.15) is 78.1 Å². The van der Waals surface area contributed by atoms with Gasteiger partial charge in [0.15, 0.2) is 0 Å². The highest BCUT2D eigenvalue weighted by atomic mass is 32.1. The van der Waals surface area contributed by atoms with Crippen molar-refractivity contribution in [1.82, 2.24) is 40.4 Å². The number of thiophene rings is 3. The van der Waals surface area contributed by atoms with E-state index in [9.17, 15) is 19.2 Å². The molecule has 2 saturated heterocycles. The highest BCUT2D eigenvalue weighted by Gasteiger charge is 2.42. The number of amides is 4. The average molecular weight is 885 g/mol. The lowest BCUT2D eigenvalue weighted by molar-refractivity contribution is -0.136. The van der Waals surface area contributed by atoms with Crippen molar-refractivity contribution in [3.63, 3.8) is 0 Å². The summed E-state index contributed by atoms with van der Waals surface area (Å²) < 4.78 is 12.1. The van der Waals surface area contributed by atoms with E-state index in [-0.39, 0.29) is 47.6 Å². The van der Waals surface area contributed by atoms with Crippen LogP contribution in [-0.4, -0.2) is 93.1 Å². The van der Waals surface area contributed by atoms with E-state index in [4.69, 9.17) is 19.4 Å². The highest BCUT2D eigenvalue weighted by molar-refractivity contribution is 7.28. The van der Waals surface area contributed by atoms with Gasteiger partial charge in [-0.15, -0.1) is 34.0 Å². The highest BCUT2D eigenvalue weighted by Crippen LogP contribution is 2.44. The summed E-state index contributed by atoms with van der Waals surface area (Å²) in [6, 6.07) is 12.9. The number of hydrogen-bond donors (Lipinski definition) is 4. The molecule has 14 nitrogen and oxygen atoms in total. The third-order valence-corrected chi connectivity index (χ3v) is 14.9. The molecule has 5 aromatic heterocycles. The van der Waals surface area contributed by atoms with E-state index >= 15 is 0 Å². The Balaban J connectivity index is 1.07. The number of ether oxygens (including phenoxy) is 2. The predicted molar refractivity (Wildman–Crippen MR) is 240 cm³/mol. The molecule has 0 unspecified atom stereocenters.